The molecule has 0 radical (unpaired) electrons. The predicted octanol–water partition coefficient (Wildman–Crippen LogP) is 5.52. The van der Waals surface area contributed by atoms with Crippen LogP contribution in [-0.4, -0.2) is 16.7 Å². The van der Waals surface area contributed by atoms with Gasteiger partial charge in [0.2, 0.25) is 0 Å². The predicted molar refractivity (Wildman–Crippen MR) is 116 cm³/mol. The molecule has 2 aliphatic heterocycles. The SMILES string of the molecule is Clc1cc2c(c(-c3ccnc4cc(Cl)ccc34)c1)O[C@@H](c1onc3c1CNCC3)C2. The molecule has 2 aliphatic rings. The summed E-state index contributed by atoms with van der Waals surface area (Å²) in [5.41, 5.74) is 6.00. The Bertz CT molecular complexity index is 1300. The zero-order valence-electron chi connectivity index (χ0n) is 15.9. The monoisotopic (exact) mass is 437 g/mol. The number of nitrogens with zero attached hydrogens (tertiary/aromatic N) is 2. The third-order valence-electron chi connectivity index (χ3n) is 5.82. The molecule has 0 bridgehead atoms. The van der Waals surface area contributed by atoms with Gasteiger partial charge in [-0.2, -0.15) is 0 Å². The van der Waals surface area contributed by atoms with E-state index in [0.29, 0.717) is 16.5 Å². The number of ether oxygens (including phenoxy) is 1. The Morgan fingerprint density at radius 3 is 2.90 bits per heavy atom. The average molecular weight is 438 g/mol. The van der Waals surface area contributed by atoms with E-state index in [1.54, 1.807) is 6.20 Å². The molecule has 1 N–H and O–H groups in total. The van der Waals surface area contributed by atoms with Crippen molar-refractivity contribution in [2.75, 3.05) is 6.54 Å². The van der Waals surface area contributed by atoms with Gasteiger partial charge in [0, 0.05) is 64.2 Å². The quantitative estimate of drug-likeness (QED) is 0.447. The summed E-state index contributed by atoms with van der Waals surface area (Å²) in [5, 5.41) is 9.99. The first-order valence-electron chi connectivity index (χ1n) is 9.89. The first-order chi connectivity index (χ1) is 14.7. The van der Waals surface area contributed by atoms with E-state index < -0.39 is 0 Å². The lowest BCUT2D eigenvalue weighted by Gasteiger charge is -2.15. The van der Waals surface area contributed by atoms with Crippen molar-refractivity contribution < 1.29 is 9.26 Å². The molecule has 0 saturated carbocycles. The van der Waals surface area contributed by atoms with Crippen LogP contribution in [0.4, 0.5) is 0 Å². The van der Waals surface area contributed by atoms with E-state index in [0.717, 1.165) is 69.9 Å². The van der Waals surface area contributed by atoms with E-state index in [1.807, 2.05) is 36.4 Å². The van der Waals surface area contributed by atoms with Crippen LogP contribution in [0, 0.1) is 0 Å². The van der Waals surface area contributed by atoms with Crippen molar-refractivity contribution >= 4 is 34.1 Å². The number of halogens is 2. The number of pyridine rings is 1. The lowest BCUT2D eigenvalue weighted by Crippen LogP contribution is -2.24. The minimum absolute atomic E-state index is 0.212. The maximum absolute atomic E-state index is 6.50. The number of benzene rings is 2. The smallest absolute Gasteiger partial charge is 0.182 e. The van der Waals surface area contributed by atoms with E-state index >= 15 is 0 Å². The van der Waals surface area contributed by atoms with Gasteiger partial charge in [-0.15, -0.1) is 0 Å². The van der Waals surface area contributed by atoms with Crippen molar-refractivity contribution in [3.63, 3.8) is 0 Å². The highest BCUT2D eigenvalue weighted by molar-refractivity contribution is 6.31. The molecule has 30 heavy (non-hydrogen) atoms. The first-order valence-corrected chi connectivity index (χ1v) is 10.6. The fraction of sp³-hybridized carbons (Fsp3) is 0.217. The van der Waals surface area contributed by atoms with Crippen LogP contribution in [0.25, 0.3) is 22.0 Å². The molecule has 0 saturated heterocycles. The van der Waals surface area contributed by atoms with E-state index in [4.69, 9.17) is 32.5 Å². The molecule has 2 aromatic carbocycles. The Labute approximate surface area is 182 Å². The highest BCUT2D eigenvalue weighted by Gasteiger charge is 2.34. The van der Waals surface area contributed by atoms with Gasteiger partial charge in [0.1, 0.15) is 5.75 Å². The van der Waals surface area contributed by atoms with Gasteiger partial charge in [0.25, 0.3) is 0 Å². The van der Waals surface area contributed by atoms with Gasteiger partial charge in [-0.05, 0) is 35.9 Å². The van der Waals surface area contributed by atoms with Gasteiger partial charge >= 0.3 is 0 Å². The van der Waals surface area contributed by atoms with Crippen LogP contribution in [0.15, 0.2) is 47.1 Å². The summed E-state index contributed by atoms with van der Waals surface area (Å²) >= 11 is 12.7. The average Bonchev–Trinajstić information content (AvgIpc) is 3.36. The lowest BCUT2D eigenvalue weighted by atomic mass is 9.97. The van der Waals surface area contributed by atoms with Gasteiger partial charge in [0.15, 0.2) is 11.9 Å². The molecule has 4 aromatic rings. The van der Waals surface area contributed by atoms with E-state index in [9.17, 15) is 0 Å². The van der Waals surface area contributed by atoms with Gasteiger partial charge in [-0.3, -0.25) is 4.98 Å². The summed E-state index contributed by atoms with van der Waals surface area (Å²) in [4.78, 5) is 4.46. The van der Waals surface area contributed by atoms with E-state index in [-0.39, 0.29) is 6.10 Å². The summed E-state index contributed by atoms with van der Waals surface area (Å²) in [6.07, 6.45) is 3.14. The fourth-order valence-corrected chi connectivity index (χ4v) is 4.85. The van der Waals surface area contributed by atoms with Gasteiger partial charge in [-0.25, -0.2) is 0 Å². The summed E-state index contributed by atoms with van der Waals surface area (Å²) in [7, 11) is 0. The standard InChI is InChI=1S/C23H17Cl2N3O2/c24-13-1-2-16-15(3-6-27-20(16)10-13)17-9-14(25)7-12-8-21(29-22(12)17)23-18-11-26-5-4-19(18)28-30-23/h1-3,6-7,9-10,21,26H,4-5,8,11H2/t21-/m1/s1. The van der Waals surface area contributed by atoms with Crippen molar-refractivity contribution in [3.05, 3.63) is 75.2 Å². The maximum Gasteiger partial charge on any atom is 0.182 e. The van der Waals surface area contributed by atoms with Crippen molar-refractivity contribution in [2.45, 2.75) is 25.5 Å². The Kier molecular flexibility index (Phi) is 4.23. The number of fused-ring (bicyclic) bond motifs is 3. The lowest BCUT2D eigenvalue weighted by molar-refractivity contribution is 0.189. The Hall–Kier alpha value is -2.60. The Morgan fingerprint density at radius 2 is 1.97 bits per heavy atom. The number of nitrogens with one attached hydrogen (secondary N) is 1. The molecule has 150 valence electrons. The molecule has 4 heterocycles. The molecular formula is C23H17Cl2N3O2. The molecule has 0 fully saturated rings. The maximum atomic E-state index is 6.50. The molecule has 0 aliphatic carbocycles. The van der Waals surface area contributed by atoms with Crippen LogP contribution in [0.3, 0.4) is 0 Å². The fourth-order valence-electron chi connectivity index (χ4n) is 4.44. The molecule has 0 amide bonds. The van der Waals surface area contributed by atoms with Crippen molar-refractivity contribution in [2.24, 2.45) is 0 Å². The topological polar surface area (TPSA) is 60.2 Å². The number of hydrogen-bond acceptors (Lipinski definition) is 5. The van der Waals surface area contributed by atoms with Gasteiger partial charge in [0.05, 0.1) is 11.2 Å². The Balaban J connectivity index is 1.46. The molecule has 6 rings (SSSR count). The molecular weight excluding hydrogens is 421 g/mol. The summed E-state index contributed by atoms with van der Waals surface area (Å²) < 4.78 is 12.2. The zero-order chi connectivity index (χ0) is 20.2. The second-order valence-electron chi connectivity index (χ2n) is 7.67. The van der Waals surface area contributed by atoms with Crippen LogP contribution < -0.4 is 10.1 Å². The van der Waals surface area contributed by atoms with Crippen molar-refractivity contribution in [1.82, 2.24) is 15.5 Å². The molecule has 5 nitrogen and oxygen atoms in total. The van der Waals surface area contributed by atoms with Crippen LogP contribution in [0.2, 0.25) is 10.0 Å². The minimum atomic E-state index is -0.212. The largest absolute Gasteiger partial charge is 0.481 e. The highest BCUT2D eigenvalue weighted by Crippen LogP contribution is 2.47. The summed E-state index contributed by atoms with van der Waals surface area (Å²) in [5.74, 6) is 1.64. The van der Waals surface area contributed by atoms with Crippen LogP contribution in [-0.2, 0) is 19.4 Å². The summed E-state index contributed by atoms with van der Waals surface area (Å²) in [6.45, 7) is 1.68. The van der Waals surface area contributed by atoms with Crippen LogP contribution >= 0.6 is 23.2 Å². The molecule has 2 aromatic heterocycles. The van der Waals surface area contributed by atoms with Crippen molar-refractivity contribution in [1.29, 1.82) is 0 Å². The first kappa shape index (κ1) is 18.2. The van der Waals surface area contributed by atoms with Crippen LogP contribution in [0.5, 0.6) is 5.75 Å². The Morgan fingerprint density at radius 1 is 1.03 bits per heavy atom. The molecule has 7 heteroatoms. The number of rotatable bonds is 2. The third kappa shape index (κ3) is 2.88. The second kappa shape index (κ2) is 6.98. The van der Waals surface area contributed by atoms with Crippen LogP contribution in [0.1, 0.15) is 28.7 Å². The third-order valence-corrected chi connectivity index (χ3v) is 6.28. The van der Waals surface area contributed by atoms with Gasteiger partial charge < -0.3 is 14.6 Å². The minimum Gasteiger partial charge on any atom is -0.481 e. The van der Waals surface area contributed by atoms with E-state index in [1.165, 1.54) is 0 Å². The molecule has 0 unspecified atom stereocenters. The van der Waals surface area contributed by atoms with Crippen molar-refractivity contribution in [3.8, 4) is 16.9 Å². The molecule has 0 spiro atoms. The molecule has 1 atom stereocenters. The number of aromatic nitrogens is 2. The second-order valence-corrected chi connectivity index (χ2v) is 8.54. The normalized spacial score (nSPS) is 17.6. The number of hydrogen-bond donors (Lipinski definition) is 1. The summed E-state index contributed by atoms with van der Waals surface area (Å²) in [6, 6.07) is 11.6. The van der Waals surface area contributed by atoms with Gasteiger partial charge in [-0.1, -0.05) is 34.4 Å². The highest BCUT2D eigenvalue weighted by atomic mass is 35.5. The van der Waals surface area contributed by atoms with E-state index in [2.05, 4.69) is 15.5 Å². The zero-order valence-corrected chi connectivity index (χ0v) is 17.4.